The van der Waals surface area contributed by atoms with Crippen LogP contribution in [0.15, 0.2) is 0 Å². The van der Waals surface area contributed by atoms with E-state index in [2.05, 4.69) is 13.8 Å². The number of rotatable bonds is 1. The first-order valence-corrected chi connectivity index (χ1v) is 4.38. The predicted octanol–water partition coefficient (Wildman–Crippen LogP) is 2.46. The van der Waals surface area contributed by atoms with Gasteiger partial charge in [-0.25, -0.2) is 0 Å². The summed E-state index contributed by atoms with van der Waals surface area (Å²) in [5.74, 6) is 1.77. The molecule has 1 fully saturated rings. The van der Waals surface area contributed by atoms with Crippen molar-refractivity contribution in [3.8, 4) is 0 Å². The lowest BCUT2D eigenvalue weighted by molar-refractivity contribution is 0.139. The van der Waals surface area contributed by atoms with Gasteiger partial charge in [0.25, 0.3) is 0 Å². The third kappa shape index (κ3) is 2.30. The third-order valence-corrected chi connectivity index (χ3v) is 2.44. The molecule has 0 N–H and O–H groups in total. The fourth-order valence-electron chi connectivity index (χ4n) is 1.60. The first-order valence-electron chi connectivity index (χ1n) is 4.38. The largest absolute Gasteiger partial charge is 0.381 e. The second-order valence-electron chi connectivity index (χ2n) is 3.55. The summed E-state index contributed by atoms with van der Waals surface area (Å²) in [6, 6.07) is 0. The molecule has 1 heteroatoms. The lowest BCUT2D eigenvalue weighted by atomic mass is 9.89. The zero-order valence-corrected chi connectivity index (χ0v) is 7.10. The second kappa shape index (κ2) is 3.97. The van der Waals surface area contributed by atoms with Crippen molar-refractivity contribution in [1.29, 1.82) is 0 Å². The lowest BCUT2D eigenvalue weighted by Gasteiger charge is -2.16. The molecule has 1 saturated heterocycles. The minimum atomic E-state index is 0.849. The smallest absolute Gasteiger partial charge is 0.0468 e. The van der Waals surface area contributed by atoms with Crippen LogP contribution in [0.1, 0.15) is 33.1 Å². The van der Waals surface area contributed by atoms with Crippen LogP contribution in [-0.2, 0) is 4.74 Å². The van der Waals surface area contributed by atoms with Gasteiger partial charge >= 0.3 is 0 Å². The van der Waals surface area contributed by atoms with E-state index in [-0.39, 0.29) is 0 Å². The zero-order valence-electron chi connectivity index (χ0n) is 7.10. The van der Waals surface area contributed by atoms with Crippen LogP contribution in [-0.4, -0.2) is 13.2 Å². The Bertz CT molecular complexity index is 80.7. The lowest BCUT2D eigenvalue weighted by Crippen LogP contribution is -2.08. The molecule has 0 aromatic rings. The monoisotopic (exact) mass is 142 g/mol. The van der Waals surface area contributed by atoms with Gasteiger partial charge in [0.1, 0.15) is 0 Å². The van der Waals surface area contributed by atoms with E-state index in [0.717, 1.165) is 25.0 Å². The van der Waals surface area contributed by atoms with Gasteiger partial charge < -0.3 is 4.74 Å². The van der Waals surface area contributed by atoms with Gasteiger partial charge in [-0.3, -0.25) is 0 Å². The summed E-state index contributed by atoms with van der Waals surface area (Å²) in [4.78, 5) is 0. The fourth-order valence-corrected chi connectivity index (χ4v) is 1.60. The van der Waals surface area contributed by atoms with E-state index in [9.17, 15) is 0 Å². The second-order valence-corrected chi connectivity index (χ2v) is 3.55. The van der Waals surface area contributed by atoms with Gasteiger partial charge in [0.05, 0.1) is 0 Å². The summed E-state index contributed by atoms with van der Waals surface area (Å²) in [6.07, 6.45) is 3.91. The Balaban J connectivity index is 2.28. The molecule has 1 atom stereocenters. The molecule has 0 radical (unpaired) electrons. The first kappa shape index (κ1) is 8.06. The van der Waals surface area contributed by atoms with E-state index in [1.54, 1.807) is 0 Å². The Kier molecular flexibility index (Phi) is 3.20. The third-order valence-electron chi connectivity index (χ3n) is 2.44. The van der Waals surface area contributed by atoms with Gasteiger partial charge in [-0.2, -0.15) is 0 Å². The predicted molar refractivity (Wildman–Crippen MR) is 43.0 cm³/mol. The van der Waals surface area contributed by atoms with Crippen molar-refractivity contribution in [2.75, 3.05) is 13.2 Å². The van der Waals surface area contributed by atoms with Crippen molar-refractivity contribution in [3.05, 3.63) is 0 Å². The Morgan fingerprint density at radius 2 is 2.00 bits per heavy atom. The SMILES string of the molecule is CC(C)[C@H]1CCCOCC1. The van der Waals surface area contributed by atoms with Crippen LogP contribution in [0, 0.1) is 11.8 Å². The summed E-state index contributed by atoms with van der Waals surface area (Å²) in [5, 5.41) is 0. The van der Waals surface area contributed by atoms with E-state index >= 15 is 0 Å². The average molecular weight is 142 g/mol. The molecule has 0 spiro atoms. The molecule has 0 bridgehead atoms. The summed E-state index contributed by atoms with van der Waals surface area (Å²) < 4.78 is 5.37. The number of ether oxygens (including phenoxy) is 1. The van der Waals surface area contributed by atoms with Crippen LogP contribution in [0.25, 0.3) is 0 Å². The molecule has 1 heterocycles. The normalized spacial score (nSPS) is 28.5. The van der Waals surface area contributed by atoms with Gasteiger partial charge in [0, 0.05) is 13.2 Å². The molecule has 0 unspecified atom stereocenters. The highest BCUT2D eigenvalue weighted by Gasteiger charge is 2.14. The molecule has 10 heavy (non-hydrogen) atoms. The zero-order chi connectivity index (χ0) is 7.40. The molecule has 0 amide bonds. The molecule has 0 saturated carbocycles. The van der Waals surface area contributed by atoms with Gasteiger partial charge in [0.2, 0.25) is 0 Å². The van der Waals surface area contributed by atoms with E-state index in [4.69, 9.17) is 4.74 Å². The highest BCUT2D eigenvalue weighted by Crippen LogP contribution is 2.22. The highest BCUT2D eigenvalue weighted by atomic mass is 16.5. The summed E-state index contributed by atoms with van der Waals surface area (Å²) >= 11 is 0. The van der Waals surface area contributed by atoms with Crippen molar-refractivity contribution >= 4 is 0 Å². The molecule has 1 aliphatic heterocycles. The van der Waals surface area contributed by atoms with Gasteiger partial charge in [-0.05, 0) is 31.1 Å². The van der Waals surface area contributed by atoms with Crippen LogP contribution in [0.5, 0.6) is 0 Å². The molecule has 0 aliphatic carbocycles. The molecule has 0 aromatic heterocycles. The average Bonchev–Trinajstić information content (AvgIpc) is 2.12. The van der Waals surface area contributed by atoms with E-state index in [1.165, 1.54) is 19.3 Å². The van der Waals surface area contributed by atoms with Crippen LogP contribution in [0.3, 0.4) is 0 Å². The molecular weight excluding hydrogens is 124 g/mol. The molecule has 1 rings (SSSR count). The Labute approximate surface area is 63.8 Å². The van der Waals surface area contributed by atoms with Crippen LogP contribution < -0.4 is 0 Å². The van der Waals surface area contributed by atoms with E-state index in [1.807, 2.05) is 0 Å². The maximum absolute atomic E-state index is 5.37. The summed E-state index contributed by atoms with van der Waals surface area (Å²) in [5.41, 5.74) is 0. The molecule has 60 valence electrons. The number of hydrogen-bond acceptors (Lipinski definition) is 1. The highest BCUT2D eigenvalue weighted by molar-refractivity contribution is 4.65. The van der Waals surface area contributed by atoms with Gasteiger partial charge in [0.15, 0.2) is 0 Å². The molecule has 1 nitrogen and oxygen atoms in total. The van der Waals surface area contributed by atoms with Crippen molar-refractivity contribution in [1.82, 2.24) is 0 Å². The standard InChI is InChI=1S/C9H18O/c1-8(2)9-4-3-6-10-7-5-9/h8-9H,3-7H2,1-2H3/t9-/m0/s1. The van der Waals surface area contributed by atoms with Crippen molar-refractivity contribution in [2.24, 2.45) is 11.8 Å². The fraction of sp³-hybridized carbons (Fsp3) is 1.00. The van der Waals surface area contributed by atoms with Crippen molar-refractivity contribution in [3.63, 3.8) is 0 Å². The minimum absolute atomic E-state index is 0.849. The van der Waals surface area contributed by atoms with E-state index in [0.29, 0.717) is 0 Å². The minimum Gasteiger partial charge on any atom is -0.381 e. The molecule has 1 aliphatic rings. The Morgan fingerprint density at radius 1 is 1.20 bits per heavy atom. The van der Waals surface area contributed by atoms with Crippen LogP contribution in [0.2, 0.25) is 0 Å². The van der Waals surface area contributed by atoms with Crippen LogP contribution >= 0.6 is 0 Å². The van der Waals surface area contributed by atoms with E-state index < -0.39 is 0 Å². The quantitative estimate of drug-likeness (QED) is 0.546. The maximum atomic E-state index is 5.37. The van der Waals surface area contributed by atoms with Crippen molar-refractivity contribution < 1.29 is 4.74 Å². The van der Waals surface area contributed by atoms with Crippen LogP contribution in [0.4, 0.5) is 0 Å². The summed E-state index contributed by atoms with van der Waals surface area (Å²) in [7, 11) is 0. The topological polar surface area (TPSA) is 9.23 Å². The van der Waals surface area contributed by atoms with Gasteiger partial charge in [-0.15, -0.1) is 0 Å². The molecule has 0 aromatic carbocycles. The summed E-state index contributed by atoms with van der Waals surface area (Å²) in [6.45, 7) is 6.61. The molecular formula is C9H18O. The number of hydrogen-bond donors (Lipinski definition) is 0. The van der Waals surface area contributed by atoms with Gasteiger partial charge in [-0.1, -0.05) is 13.8 Å². The Hall–Kier alpha value is -0.0400. The maximum Gasteiger partial charge on any atom is 0.0468 e. The first-order chi connectivity index (χ1) is 4.80. The van der Waals surface area contributed by atoms with Crippen molar-refractivity contribution in [2.45, 2.75) is 33.1 Å². The Morgan fingerprint density at radius 3 is 2.70 bits per heavy atom.